The molecule has 1 aliphatic rings. The van der Waals surface area contributed by atoms with E-state index >= 15 is 0 Å². The van der Waals surface area contributed by atoms with Crippen molar-refractivity contribution in [3.8, 4) is 23.7 Å². The number of anilines is 2. The van der Waals surface area contributed by atoms with Gasteiger partial charge in [-0.1, -0.05) is 12.0 Å². The summed E-state index contributed by atoms with van der Waals surface area (Å²) in [5.41, 5.74) is 2.29. The maximum atomic E-state index is 13.5. The van der Waals surface area contributed by atoms with Crippen LogP contribution in [-0.2, 0) is 6.54 Å². The first kappa shape index (κ1) is 27.6. The fourth-order valence-electron chi connectivity index (χ4n) is 4.52. The van der Waals surface area contributed by atoms with E-state index in [4.69, 9.17) is 10.00 Å². The predicted molar refractivity (Wildman–Crippen MR) is 147 cm³/mol. The lowest BCUT2D eigenvalue weighted by atomic mass is 10.0. The van der Waals surface area contributed by atoms with Crippen LogP contribution in [0, 0.1) is 23.2 Å². The molecule has 0 unspecified atom stereocenters. The second kappa shape index (κ2) is 12.4. The van der Waals surface area contributed by atoms with Crippen LogP contribution >= 0.6 is 11.8 Å². The van der Waals surface area contributed by atoms with Gasteiger partial charge in [0.05, 0.1) is 23.4 Å². The Morgan fingerprint density at radius 3 is 2.63 bits per heavy atom. The van der Waals surface area contributed by atoms with Crippen molar-refractivity contribution in [2.75, 3.05) is 50.2 Å². The van der Waals surface area contributed by atoms with Crippen LogP contribution in [0.3, 0.4) is 0 Å². The highest BCUT2D eigenvalue weighted by Crippen LogP contribution is 2.32. The van der Waals surface area contributed by atoms with Gasteiger partial charge >= 0.3 is 6.18 Å². The molecule has 1 saturated heterocycles. The molecule has 0 radical (unpaired) electrons. The Morgan fingerprint density at radius 2 is 1.92 bits per heavy atom. The molecule has 1 fully saturated rings. The van der Waals surface area contributed by atoms with Crippen molar-refractivity contribution in [3.05, 3.63) is 48.2 Å². The number of aromatic nitrogens is 1. The van der Waals surface area contributed by atoms with E-state index < -0.39 is 12.7 Å². The fraction of sp³-hybridized carbons (Fsp3) is 0.393. The molecule has 200 valence electrons. The van der Waals surface area contributed by atoms with E-state index in [9.17, 15) is 13.2 Å². The van der Waals surface area contributed by atoms with Crippen LogP contribution in [-0.4, -0.2) is 61.2 Å². The topological polar surface area (TPSA) is 65.2 Å². The molecule has 1 aliphatic heterocycles. The fourth-order valence-corrected chi connectivity index (χ4v) is 4.94. The maximum Gasteiger partial charge on any atom is 0.406 e. The van der Waals surface area contributed by atoms with Crippen LogP contribution in [0.25, 0.3) is 10.9 Å². The van der Waals surface area contributed by atoms with Crippen LogP contribution in [0.5, 0.6) is 5.75 Å². The molecule has 2 heterocycles. The Kier molecular flexibility index (Phi) is 8.98. The van der Waals surface area contributed by atoms with Crippen LogP contribution in [0.15, 0.2) is 47.4 Å². The number of halogens is 3. The van der Waals surface area contributed by atoms with Crippen LogP contribution in [0.4, 0.5) is 24.5 Å². The number of nitrogens with zero attached hydrogens (tertiary/aromatic N) is 3. The van der Waals surface area contributed by atoms with Gasteiger partial charge in [-0.3, -0.25) is 0 Å². The van der Waals surface area contributed by atoms with E-state index in [2.05, 4.69) is 34.4 Å². The van der Waals surface area contributed by atoms with Gasteiger partial charge in [0.15, 0.2) is 6.61 Å². The van der Waals surface area contributed by atoms with Gasteiger partial charge in [0, 0.05) is 22.0 Å². The number of ether oxygens (including phenoxy) is 1. The highest BCUT2D eigenvalue weighted by Gasteiger charge is 2.30. The van der Waals surface area contributed by atoms with Gasteiger partial charge < -0.3 is 24.8 Å². The van der Waals surface area contributed by atoms with Gasteiger partial charge in [0.25, 0.3) is 0 Å². The molecular weight excluding hydrogens is 511 g/mol. The number of likely N-dealkylation sites (tertiary alicyclic amines) is 1. The zero-order valence-electron chi connectivity index (χ0n) is 21.4. The summed E-state index contributed by atoms with van der Waals surface area (Å²) in [6.07, 6.45) is -0.486. The molecular formula is C28H30F3N5OS. The number of piperidine rings is 1. The van der Waals surface area contributed by atoms with Crippen molar-refractivity contribution in [1.29, 1.82) is 5.26 Å². The molecule has 1 aromatic heterocycles. The van der Waals surface area contributed by atoms with Crippen LogP contribution in [0.1, 0.15) is 18.5 Å². The minimum absolute atomic E-state index is 0.0936. The monoisotopic (exact) mass is 541 g/mol. The number of rotatable bonds is 8. The van der Waals surface area contributed by atoms with Crippen molar-refractivity contribution < 1.29 is 17.9 Å². The molecule has 10 heteroatoms. The molecule has 3 aromatic rings. The van der Waals surface area contributed by atoms with Crippen molar-refractivity contribution in [2.24, 2.45) is 0 Å². The number of alkyl halides is 3. The van der Waals surface area contributed by atoms with Crippen LogP contribution < -0.4 is 15.4 Å². The summed E-state index contributed by atoms with van der Waals surface area (Å²) in [5, 5.41) is 16.3. The summed E-state index contributed by atoms with van der Waals surface area (Å²) in [7, 11) is 2.09. The van der Waals surface area contributed by atoms with Crippen molar-refractivity contribution >= 4 is 34.0 Å². The zero-order valence-corrected chi connectivity index (χ0v) is 22.2. The standard InChI is InChI=1S/C28H30F3N5OS/c1-35-14-10-20(11-15-35)34-24-6-3-7-26-23(24)17-21(36(26)19-28(29,30)31)5-4-13-33-25-9-8-22(38-2)18-27(25)37-16-12-32/h3,6-9,17-18,20,33-34H,10-11,13-16,19H2,1-2H3. The zero-order chi connectivity index (χ0) is 27.1. The first-order valence-electron chi connectivity index (χ1n) is 12.3. The number of benzene rings is 2. The molecule has 0 aliphatic carbocycles. The Labute approximate surface area is 225 Å². The number of nitrogens with one attached hydrogen (secondary N) is 2. The van der Waals surface area contributed by atoms with E-state index in [-0.39, 0.29) is 19.2 Å². The number of nitriles is 1. The lowest BCUT2D eigenvalue weighted by Crippen LogP contribution is -2.36. The molecule has 0 bridgehead atoms. The Bertz CT molecular complexity index is 1360. The third-order valence-corrected chi connectivity index (χ3v) is 7.15. The van der Waals surface area contributed by atoms with E-state index in [1.807, 2.05) is 36.6 Å². The SMILES string of the molecule is CSc1ccc(NCC#Cc2cc3c(NC4CCN(C)CC4)cccc3n2CC(F)(F)F)c(OCC#N)c1. The summed E-state index contributed by atoms with van der Waals surface area (Å²) in [4.78, 5) is 3.26. The Balaban J connectivity index is 1.58. The van der Waals surface area contributed by atoms with E-state index in [1.54, 1.807) is 30.0 Å². The minimum Gasteiger partial charge on any atom is -0.477 e. The third-order valence-electron chi connectivity index (χ3n) is 6.43. The molecule has 38 heavy (non-hydrogen) atoms. The van der Waals surface area contributed by atoms with Crippen LogP contribution in [0.2, 0.25) is 0 Å². The number of hydrogen-bond donors (Lipinski definition) is 2. The summed E-state index contributed by atoms with van der Waals surface area (Å²) in [6.45, 7) is 0.943. The molecule has 0 saturated carbocycles. The van der Waals surface area contributed by atoms with Gasteiger partial charge in [-0.15, -0.1) is 11.8 Å². The Hall–Kier alpha value is -3.47. The highest BCUT2D eigenvalue weighted by molar-refractivity contribution is 7.98. The number of fused-ring (bicyclic) bond motifs is 1. The summed E-state index contributed by atoms with van der Waals surface area (Å²) >= 11 is 1.55. The summed E-state index contributed by atoms with van der Waals surface area (Å²) in [5.74, 6) is 6.41. The normalized spacial score (nSPS) is 14.5. The first-order chi connectivity index (χ1) is 18.3. The molecule has 4 rings (SSSR count). The van der Waals surface area contributed by atoms with Crippen molar-refractivity contribution in [1.82, 2.24) is 9.47 Å². The lowest BCUT2D eigenvalue weighted by molar-refractivity contribution is -0.140. The quantitative estimate of drug-likeness (QED) is 0.278. The largest absolute Gasteiger partial charge is 0.477 e. The highest BCUT2D eigenvalue weighted by atomic mass is 32.2. The summed E-state index contributed by atoms with van der Waals surface area (Å²) in [6, 6.07) is 14.9. The van der Waals surface area contributed by atoms with E-state index in [0.29, 0.717) is 22.6 Å². The van der Waals surface area contributed by atoms with Crippen molar-refractivity contribution in [2.45, 2.75) is 36.5 Å². The molecule has 0 atom stereocenters. The number of thioether (sulfide) groups is 1. The van der Waals surface area contributed by atoms with Gasteiger partial charge in [0.1, 0.15) is 18.4 Å². The molecule has 2 aromatic carbocycles. The van der Waals surface area contributed by atoms with E-state index in [0.717, 1.165) is 41.9 Å². The second-order valence-electron chi connectivity index (χ2n) is 9.16. The lowest BCUT2D eigenvalue weighted by Gasteiger charge is -2.30. The Morgan fingerprint density at radius 1 is 1.13 bits per heavy atom. The molecule has 2 N–H and O–H groups in total. The average molecular weight is 542 g/mol. The first-order valence-corrected chi connectivity index (χ1v) is 13.5. The number of hydrogen-bond acceptors (Lipinski definition) is 6. The maximum absolute atomic E-state index is 13.5. The van der Waals surface area contributed by atoms with Crippen molar-refractivity contribution in [3.63, 3.8) is 0 Å². The summed E-state index contributed by atoms with van der Waals surface area (Å²) < 4.78 is 47.3. The second-order valence-corrected chi connectivity index (χ2v) is 10.0. The predicted octanol–water partition coefficient (Wildman–Crippen LogP) is 5.80. The van der Waals surface area contributed by atoms with E-state index in [1.165, 1.54) is 4.57 Å². The average Bonchev–Trinajstić information content (AvgIpc) is 3.23. The molecule has 0 spiro atoms. The molecule has 6 nitrogen and oxygen atoms in total. The smallest absolute Gasteiger partial charge is 0.406 e. The van der Waals surface area contributed by atoms with Gasteiger partial charge in [-0.05, 0) is 81.6 Å². The van der Waals surface area contributed by atoms with Gasteiger partial charge in [-0.2, -0.15) is 18.4 Å². The van der Waals surface area contributed by atoms with Gasteiger partial charge in [-0.25, -0.2) is 0 Å². The van der Waals surface area contributed by atoms with Gasteiger partial charge in [0.2, 0.25) is 0 Å². The molecule has 0 amide bonds. The minimum atomic E-state index is -4.38. The third kappa shape index (κ3) is 7.09.